The standard InChI is InChI=1S/C12H13NO2.C2H6/c13-12(15)7-8-5-9-3-1-2-4-10(9)11(14)6-8;1-2/h1-4,8H,5-7H2,(H2,13,15);1-2H3/t8-;/m0./s1. The zero-order valence-corrected chi connectivity index (χ0v) is 10.4. The largest absolute Gasteiger partial charge is 0.370 e. The van der Waals surface area contributed by atoms with Gasteiger partial charge in [0.1, 0.15) is 0 Å². The van der Waals surface area contributed by atoms with Crippen LogP contribution in [0, 0.1) is 5.92 Å². The quantitative estimate of drug-likeness (QED) is 0.852. The van der Waals surface area contributed by atoms with E-state index < -0.39 is 0 Å². The minimum atomic E-state index is -0.327. The van der Waals surface area contributed by atoms with Crippen LogP contribution >= 0.6 is 0 Å². The summed E-state index contributed by atoms with van der Waals surface area (Å²) in [4.78, 5) is 22.5. The van der Waals surface area contributed by atoms with Crippen molar-refractivity contribution in [2.45, 2.75) is 33.1 Å². The van der Waals surface area contributed by atoms with E-state index in [1.807, 2.05) is 38.1 Å². The van der Waals surface area contributed by atoms with Crippen molar-refractivity contribution in [3.63, 3.8) is 0 Å². The molecule has 2 rings (SSSR count). The maximum absolute atomic E-state index is 11.7. The van der Waals surface area contributed by atoms with Gasteiger partial charge in [-0.05, 0) is 17.9 Å². The van der Waals surface area contributed by atoms with Gasteiger partial charge in [0.25, 0.3) is 0 Å². The summed E-state index contributed by atoms with van der Waals surface area (Å²) >= 11 is 0. The molecule has 0 heterocycles. The third kappa shape index (κ3) is 3.41. The number of hydrogen-bond acceptors (Lipinski definition) is 2. The molecule has 3 nitrogen and oxygen atoms in total. The van der Waals surface area contributed by atoms with Crippen molar-refractivity contribution in [3.8, 4) is 0 Å². The number of carbonyl (C=O) groups excluding carboxylic acids is 2. The maximum atomic E-state index is 11.7. The molecule has 92 valence electrons. The molecule has 1 aromatic carbocycles. The van der Waals surface area contributed by atoms with Gasteiger partial charge in [0.05, 0.1) is 0 Å². The van der Waals surface area contributed by atoms with Gasteiger partial charge in [-0.1, -0.05) is 38.1 Å². The van der Waals surface area contributed by atoms with Crippen molar-refractivity contribution in [1.82, 2.24) is 0 Å². The van der Waals surface area contributed by atoms with Crippen LogP contribution in [-0.2, 0) is 11.2 Å². The van der Waals surface area contributed by atoms with Crippen LogP contribution in [0.1, 0.15) is 42.6 Å². The molecule has 1 aromatic rings. The fourth-order valence-corrected chi connectivity index (χ4v) is 2.15. The lowest BCUT2D eigenvalue weighted by atomic mass is 9.81. The highest BCUT2D eigenvalue weighted by molar-refractivity contribution is 5.98. The minimum absolute atomic E-state index is 0.0879. The van der Waals surface area contributed by atoms with E-state index in [0.717, 1.165) is 17.5 Å². The minimum Gasteiger partial charge on any atom is -0.370 e. The fraction of sp³-hybridized carbons (Fsp3) is 0.429. The molecule has 0 spiro atoms. The van der Waals surface area contributed by atoms with Gasteiger partial charge in [-0.2, -0.15) is 0 Å². The zero-order valence-electron chi connectivity index (χ0n) is 10.4. The van der Waals surface area contributed by atoms with Crippen LogP contribution in [0.25, 0.3) is 0 Å². The summed E-state index contributed by atoms with van der Waals surface area (Å²) in [5.41, 5.74) is 6.98. The van der Waals surface area contributed by atoms with E-state index in [1.54, 1.807) is 0 Å². The van der Waals surface area contributed by atoms with E-state index in [0.29, 0.717) is 12.8 Å². The molecule has 0 radical (unpaired) electrons. The van der Waals surface area contributed by atoms with Gasteiger partial charge in [-0.15, -0.1) is 0 Å². The molecule has 1 aliphatic rings. The van der Waals surface area contributed by atoms with E-state index in [-0.39, 0.29) is 17.6 Å². The lowest BCUT2D eigenvalue weighted by Gasteiger charge is -2.22. The number of amides is 1. The Hall–Kier alpha value is -1.64. The van der Waals surface area contributed by atoms with E-state index in [9.17, 15) is 9.59 Å². The van der Waals surface area contributed by atoms with Crippen LogP contribution in [0.15, 0.2) is 24.3 Å². The SMILES string of the molecule is CC.NC(=O)C[C@@H]1CC(=O)c2ccccc2C1. The number of primary amides is 1. The van der Waals surface area contributed by atoms with Crippen LogP contribution in [0.5, 0.6) is 0 Å². The number of rotatable bonds is 2. The molecule has 1 amide bonds. The first-order valence-corrected chi connectivity index (χ1v) is 6.06. The first-order chi connectivity index (χ1) is 8.16. The lowest BCUT2D eigenvalue weighted by molar-refractivity contribution is -0.118. The Morgan fingerprint density at radius 3 is 2.59 bits per heavy atom. The highest BCUT2D eigenvalue weighted by Crippen LogP contribution is 2.27. The first-order valence-electron chi connectivity index (χ1n) is 6.06. The van der Waals surface area contributed by atoms with Gasteiger partial charge >= 0.3 is 0 Å². The first kappa shape index (κ1) is 13.4. The van der Waals surface area contributed by atoms with E-state index >= 15 is 0 Å². The number of hydrogen-bond donors (Lipinski definition) is 1. The maximum Gasteiger partial charge on any atom is 0.217 e. The molecular formula is C14H19NO2. The molecular weight excluding hydrogens is 214 g/mol. The van der Waals surface area contributed by atoms with Crippen molar-refractivity contribution in [2.24, 2.45) is 11.7 Å². The number of fused-ring (bicyclic) bond motifs is 1. The van der Waals surface area contributed by atoms with Gasteiger partial charge in [-0.3, -0.25) is 9.59 Å². The topological polar surface area (TPSA) is 60.2 Å². The highest BCUT2D eigenvalue weighted by atomic mass is 16.1. The van der Waals surface area contributed by atoms with Crippen molar-refractivity contribution < 1.29 is 9.59 Å². The van der Waals surface area contributed by atoms with Crippen LogP contribution < -0.4 is 5.73 Å². The molecule has 1 aliphatic carbocycles. The summed E-state index contributed by atoms with van der Waals surface area (Å²) in [5.74, 6) is -0.111. The van der Waals surface area contributed by atoms with Crippen molar-refractivity contribution in [1.29, 1.82) is 0 Å². The van der Waals surface area contributed by atoms with Crippen LogP contribution in [0.4, 0.5) is 0 Å². The summed E-state index contributed by atoms with van der Waals surface area (Å²) < 4.78 is 0. The number of Topliss-reactive ketones (excluding diaryl/α,β-unsaturated/α-hetero) is 1. The second-order valence-electron chi connectivity index (χ2n) is 4.03. The van der Waals surface area contributed by atoms with Crippen molar-refractivity contribution >= 4 is 11.7 Å². The monoisotopic (exact) mass is 233 g/mol. The Morgan fingerprint density at radius 1 is 1.29 bits per heavy atom. The molecule has 0 saturated carbocycles. The second kappa shape index (κ2) is 6.18. The Kier molecular flexibility index (Phi) is 4.88. The molecule has 17 heavy (non-hydrogen) atoms. The molecule has 1 atom stereocenters. The van der Waals surface area contributed by atoms with Crippen molar-refractivity contribution in [2.75, 3.05) is 0 Å². The van der Waals surface area contributed by atoms with Gasteiger partial charge in [0, 0.05) is 18.4 Å². The number of nitrogens with two attached hydrogens (primary N) is 1. The number of benzene rings is 1. The Balaban J connectivity index is 0.000000686. The molecule has 0 aromatic heterocycles. The van der Waals surface area contributed by atoms with Gasteiger partial charge in [-0.25, -0.2) is 0 Å². The second-order valence-corrected chi connectivity index (χ2v) is 4.03. The van der Waals surface area contributed by atoms with Crippen molar-refractivity contribution in [3.05, 3.63) is 35.4 Å². The summed E-state index contributed by atoms with van der Waals surface area (Å²) in [7, 11) is 0. The zero-order chi connectivity index (χ0) is 12.8. The van der Waals surface area contributed by atoms with Crippen LogP contribution in [0.3, 0.4) is 0 Å². The molecule has 0 saturated heterocycles. The number of ketones is 1. The molecule has 0 unspecified atom stereocenters. The Morgan fingerprint density at radius 2 is 1.94 bits per heavy atom. The third-order valence-electron chi connectivity index (χ3n) is 2.79. The Labute approximate surface area is 102 Å². The van der Waals surface area contributed by atoms with E-state index in [4.69, 9.17) is 5.73 Å². The van der Waals surface area contributed by atoms with Gasteiger partial charge in [0.2, 0.25) is 5.91 Å². The predicted molar refractivity (Wildman–Crippen MR) is 67.7 cm³/mol. The molecule has 2 N–H and O–H groups in total. The fourth-order valence-electron chi connectivity index (χ4n) is 2.15. The van der Waals surface area contributed by atoms with E-state index in [2.05, 4.69) is 0 Å². The third-order valence-corrected chi connectivity index (χ3v) is 2.79. The molecule has 0 bridgehead atoms. The van der Waals surface area contributed by atoms with Gasteiger partial charge in [0.15, 0.2) is 5.78 Å². The lowest BCUT2D eigenvalue weighted by Crippen LogP contribution is -2.24. The average molecular weight is 233 g/mol. The van der Waals surface area contributed by atoms with Crippen LogP contribution in [-0.4, -0.2) is 11.7 Å². The smallest absolute Gasteiger partial charge is 0.217 e. The number of carbonyl (C=O) groups is 2. The van der Waals surface area contributed by atoms with Crippen LogP contribution in [0.2, 0.25) is 0 Å². The summed E-state index contributed by atoms with van der Waals surface area (Å²) in [6.45, 7) is 4.00. The molecule has 0 fully saturated rings. The predicted octanol–water partition coefficient (Wildman–Crippen LogP) is 2.33. The summed E-state index contributed by atoms with van der Waals surface area (Å²) in [5, 5.41) is 0. The normalized spacial score (nSPS) is 17.8. The Bertz CT molecular complexity index is 412. The summed E-state index contributed by atoms with van der Waals surface area (Å²) in [6, 6.07) is 7.57. The summed E-state index contributed by atoms with van der Waals surface area (Å²) in [6.07, 6.45) is 1.53. The average Bonchev–Trinajstić information content (AvgIpc) is 2.31. The molecule has 0 aliphatic heterocycles. The molecule has 3 heteroatoms. The van der Waals surface area contributed by atoms with Gasteiger partial charge < -0.3 is 5.73 Å². The highest BCUT2D eigenvalue weighted by Gasteiger charge is 2.25. The van der Waals surface area contributed by atoms with E-state index in [1.165, 1.54) is 0 Å².